The van der Waals surface area contributed by atoms with E-state index in [-0.39, 0.29) is 0 Å². The first kappa shape index (κ1) is 16.1. The van der Waals surface area contributed by atoms with Crippen LogP contribution in [-0.2, 0) is 4.74 Å². The van der Waals surface area contributed by atoms with Gasteiger partial charge in [-0.15, -0.1) is 0 Å². The molecule has 2 heteroatoms. The van der Waals surface area contributed by atoms with E-state index in [0.29, 0.717) is 33.1 Å². The minimum atomic E-state index is 0.432. The van der Waals surface area contributed by atoms with Crippen molar-refractivity contribution in [3.63, 3.8) is 0 Å². The summed E-state index contributed by atoms with van der Waals surface area (Å²) < 4.78 is 7.78. The van der Waals surface area contributed by atoms with E-state index < -0.39 is 0 Å². The molecule has 0 radical (unpaired) electrons. The first-order valence-corrected chi connectivity index (χ1v) is 9.94. The van der Waals surface area contributed by atoms with E-state index in [1.54, 1.807) is 0 Å². The fourth-order valence-electron chi connectivity index (χ4n) is 2.93. The summed E-state index contributed by atoms with van der Waals surface area (Å²) in [5.41, 5.74) is 0. The van der Waals surface area contributed by atoms with Gasteiger partial charge < -0.3 is 0 Å². The molecule has 0 saturated carbocycles. The van der Waals surface area contributed by atoms with Crippen molar-refractivity contribution in [3.05, 3.63) is 30.3 Å². The Morgan fingerprint density at radius 2 is 1.80 bits per heavy atom. The number of unbranched alkanes of at least 4 members (excludes halogenated alkanes) is 3. The molecule has 2 rings (SSSR count). The molecular formula is C18H28OSe. The predicted octanol–water partition coefficient (Wildman–Crippen LogP) is 4.20. The van der Waals surface area contributed by atoms with Crippen molar-refractivity contribution in [1.82, 2.24) is 0 Å². The molecule has 1 aliphatic heterocycles. The van der Waals surface area contributed by atoms with Crippen molar-refractivity contribution >= 4 is 19.4 Å². The molecule has 1 aliphatic rings. The average Bonchev–Trinajstić information content (AvgIpc) is 2.73. The number of rotatable bonds is 7. The van der Waals surface area contributed by atoms with Gasteiger partial charge in [0, 0.05) is 0 Å². The summed E-state index contributed by atoms with van der Waals surface area (Å²) in [6.45, 7) is 6.91. The average molecular weight is 339 g/mol. The molecular weight excluding hydrogens is 311 g/mol. The van der Waals surface area contributed by atoms with E-state index in [0.717, 1.165) is 4.82 Å². The van der Waals surface area contributed by atoms with Gasteiger partial charge in [-0.2, -0.15) is 0 Å². The van der Waals surface area contributed by atoms with Crippen LogP contribution in [0.5, 0.6) is 0 Å². The summed E-state index contributed by atoms with van der Waals surface area (Å²) >= 11 is 0.543. The Labute approximate surface area is 130 Å². The van der Waals surface area contributed by atoms with Crippen LogP contribution in [0.25, 0.3) is 0 Å². The van der Waals surface area contributed by atoms with E-state index in [2.05, 4.69) is 51.1 Å². The van der Waals surface area contributed by atoms with Gasteiger partial charge in [-0.3, -0.25) is 0 Å². The zero-order valence-electron chi connectivity index (χ0n) is 13.0. The standard InChI is InChI=1S/C18H28OSe/c1-4-5-6-10-13-17-18(14(2)15(3)19-17)20-16-11-8-7-9-12-16/h7-9,11-12,14-15,17-18H,4-6,10,13H2,1-3H3/t14-,15-,17+,18?/m1/s1. The third kappa shape index (κ3) is 4.35. The number of hydrogen-bond donors (Lipinski definition) is 0. The fourth-order valence-corrected chi connectivity index (χ4v) is 5.90. The Morgan fingerprint density at radius 1 is 1.05 bits per heavy atom. The maximum absolute atomic E-state index is 6.25. The zero-order chi connectivity index (χ0) is 14.4. The van der Waals surface area contributed by atoms with Gasteiger partial charge in [-0.1, -0.05) is 0 Å². The first-order chi connectivity index (χ1) is 9.72. The molecule has 0 spiro atoms. The molecule has 1 heterocycles. The molecule has 0 N–H and O–H groups in total. The van der Waals surface area contributed by atoms with E-state index in [1.165, 1.54) is 36.6 Å². The van der Waals surface area contributed by atoms with Crippen molar-refractivity contribution in [2.75, 3.05) is 0 Å². The van der Waals surface area contributed by atoms with Crippen molar-refractivity contribution in [1.29, 1.82) is 0 Å². The molecule has 0 bridgehead atoms. The van der Waals surface area contributed by atoms with Gasteiger partial charge in [0.2, 0.25) is 0 Å². The quantitative estimate of drug-likeness (QED) is 0.534. The van der Waals surface area contributed by atoms with Crippen LogP contribution < -0.4 is 4.46 Å². The van der Waals surface area contributed by atoms with Crippen LogP contribution in [0.15, 0.2) is 30.3 Å². The van der Waals surface area contributed by atoms with Crippen LogP contribution in [0.1, 0.15) is 52.9 Å². The van der Waals surface area contributed by atoms with Gasteiger partial charge in [-0.05, 0) is 0 Å². The monoisotopic (exact) mass is 340 g/mol. The normalized spacial score (nSPS) is 29.8. The summed E-state index contributed by atoms with van der Waals surface area (Å²) in [7, 11) is 0. The van der Waals surface area contributed by atoms with Crippen LogP contribution >= 0.6 is 0 Å². The summed E-state index contributed by atoms with van der Waals surface area (Å²) in [5, 5.41) is 0. The summed E-state index contributed by atoms with van der Waals surface area (Å²) in [5.74, 6) is 0.700. The predicted molar refractivity (Wildman–Crippen MR) is 87.8 cm³/mol. The molecule has 1 unspecified atom stereocenters. The molecule has 20 heavy (non-hydrogen) atoms. The molecule has 112 valence electrons. The van der Waals surface area contributed by atoms with E-state index in [9.17, 15) is 0 Å². The number of ether oxygens (including phenoxy) is 1. The van der Waals surface area contributed by atoms with E-state index >= 15 is 0 Å². The van der Waals surface area contributed by atoms with Crippen molar-refractivity contribution in [2.24, 2.45) is 5.92 Å². The summed E-state index contributed by atoms with van der Waals surface area (Å²) in [4.78, 5) is 0.751. The Kier molecular flexibility index (Phi) is 6.61. The SMILES string of the molecule is CCCCCC[C@@H]1O[C@H](C)[C@@H](C)C1[Se]c1ccccc1. The minimum absolute atomic E-state index is 0.432. The zero-order valence-corrected chi connectivity index (χ0v) is 14.8. The van der Waals surface area contributed by atoms with Crippen LogP contribution in [0.3, 0.4) is 0 Å². The topological polar surface area (TPSA) is 9.23 Å². The van der Waals surface area contributed by atoms with Gasteiger partial charge in [0.25, 0.3) is 0 Å². The van der Waals surface area contributed by atoms with Gasteiger partial charge >= 0.3 is 130 Å². The summed E-state index contributed by atoms with van der Waals surface area (Å²) in [6, 6.07) is 11.0. The van der Waals surface area contributed by atoms with E-state index in [4.69, 9.17) is 4.74 Å². The van der Waals surface area contributed by atoms with Crippen LogP contribution in [0.4, 0.5) is 0 Å². The second-order valence-corrected chi connectivity index (χ2v) is 8.61. The van der Waals surface area contributed by atoms with E-state index in [1.807, 2.05) is 0 Å². The number of hydrogen-bond acceptors (Lipinski definition) is 1. The molecule has 1 saturated heterocycles. The molecule has 1 nitrogen and oxygen atoms in total. The van der Waals surface area contributed by atoms with Crippen LogP contribution in [0, 0.1) is 5.92 Å². The molecule has 0 aliphatic carbocycles. The Balaban J connectivity index is 1.92. The van der Waals surface area contributed by atoms with Gasteiger partial charge in [0.05, 0.1) is 0 Å². The third-order valence-electron chi connectivity index (χ3n) is 4.37. The van der Waals surface area contributed by atoms with Crippen LogP contribution in [-0.4, -0.2) is 27.2 Å². The van der Waals surface area contributed by atoms with Gasteiger partial charge in [0.15, 0.2) is 0 Å². The van der Waals surface area contributed by atoms with Crippen molar-refractivity contribution in [3.8, 4) is 0 Å². The number of benzene rings is 1. The molecule has 4 atom stereocenters. The van der Waals surface area contributed by atoms with Crippen molar-refractivity contribution in [2.45, 2.75) is 69.9 Å². The maximum atomic E-state index is 6.25. The molecule has 0 amide bonds. The van der Waals surface area contributed by atoms with Gasteiger partial charge in [0.1, 0.15) is 0 Å². The Bertz CT molecular complexity index is 378. The molecule has 1 aromatic rings. The molecule has 0 aromatic heterocycles. The van der Waals surface area contributed by atoms with Gasteiger partial charge in [-0.25, -0.2) is 0 Å². The summed E-state index contributed by atoms with van der Waals surface area (Å²) in [6.07, 6.45) is 7.57. The Hall–Kier alpha value is -0.301. The molecule has 1 aromatic carbocycles. The van der Waals surface area contributed by atoms with Crippen LogP contribution in [0.2, 0.25) is 4.82 Å². The third-order valence-corrected chi connectivity index (χ3v) is 7.62. The second kappa shape index (κ2) is 8.22. The first-order valence-electron chi connectivity index (χ1n) is 8.09. The fraction of sp³-hybridized carbons (Fsp3) is 0.667. The van der Waals surface area contributed by atoms with Crippen molar-refractivity contribution < 1.29 is 4.74 Å². The Morgan fingerprint density at radius 3 is 2.50 bits per heavy atom. The second-order valence-electron chi connectivity index (χ2n) is 5.98. The molecule has 1 fully saturated rings.